The van der Waals surface area contributed by atoms with Gasteiger partial charge >= 0.3 is 0 Å². The molecule has 0 radical (unpaired) electrons. The maximum atomic E-state index is 5.66. The van der Waals surface area contributed by atoms with Crippen molar-refractivity contribution in [2.75, 3.05) is 19.7 Å². The predicted octanol–water partition coefficient (Wildman–Crippen LogP) is 3.27. The number of rotatable bonds is 6. The van der Waals surface area contributed by atoms with E-state index in [9.17, 15) is 0 Å². The molecule has 1 aromatic rings. The van der Waals surface area contributed by atoms with Crippen molar-refractivity contribution in [2.45, 2.75) is 20.8 Å². The highest BCUT2D eigenvalue weighted by atomic mass is 35.5. The molecular formula is C14H22ClNO. The normalized spacial score (nSPS) is 10.3. The monoisotopic (exact) mass is 255 g/mol. The fraction of sp³-hybridized carbons (Fsp3) is 0.429. The van der Waals surface area contributed by atoms with Crippen LogP contribution in [0.5, 0.6) is 5.75 Å². The zero-order valence-electron chi connectivity index (χ0n) is 10.8. The number of hydrogen-bond acceptors (Lipinski definition) is 2. The largest absolute Gasteiger partial charge is 0.489 e. The summed E-state index contributed by atoms with van der Waals surface area (Å²) in [4.78, 5) is 0. The van der Waals surface area contributed by atoms with Crippen LogP contribution in [0.4, 0.5) is 0 Å². The van der Waals surface area contributed by atoms with E-state index in [0.29, 0.717) is 6.61 Å². The highest BCUT2D eigenvalue weighted by Crippen LogP contribution is 2.18. The molecule has 0 saturated carbocycles. The van der Waals surface area contributed by atoms with Gasteiger partial charge in [-0.3, -0.25) is 0 Å². The van der Waals surface area contributed by atoms with Gasteiger partial charge in [0.25, 0.3) is 0 Å². The van der Waals surface area contributed by atoms with Crippen molar-refractivity contribution in [2.24, 2.45) is 0 Å². The van der Waals surface area contributed by atoms with E-state index >= 15 is 0 Å². The van der Waals surface area contributed by atoms with E-state index in [4.69, 9.17) is 4.74 Å². The quantitative estimate of drug-likeness (QED) is 0.622. The Morgan fingerprint density at radius 1 is 1.24 bits per heavy atom. The molecule has 1 aromatic carbocycles. The molecule has 0 amide bonds. The highest BCUT2D eigenvalue weighted by Gasteiger charge is 1.97. The minimum absolute atomic E-state index is 0. The third-order valence-corrected chi connectivity index (χ3v) is 2.34. The van der Waals surface area contributed by atoms with Crippen LogP contribution in [0.1, 0.15) is 18.1 Å². The number of likely N-dealkylation sites (N-methyl/N-ethyl adjacent to an activating group) is 1. The summed E-state index contributed by atoms with van der Waals surface area (Å²) in [6, 6.07) is 6.24. The number of aryl methyl sites for hydroxylation is 2. The molecule has 0 aliphatic rings. The van der Waals surface area contributed by atoms with Crippen LogP contribution < -0.4 is 10.1 Å². The SMILES string of the molecule is CCNC/C=C/COc1ccc(C)cc1C.Cl. The van der Waals surface area contributed by atoms with E-state index in [2.05, 4.69) is 44.3 Å². The van der Waals surface area contributed by atoms with Crippen molar-refractivity contribution in [3.8, 4) is 5.75 Å². The Labute approximate surface area is 110 Å². The van der Waals surface area contributed by atoms with Gasteiger partial charge in [-0.15, -0.1) is 12.4 Å². The van der Waals surface area contributed by atoms with E-state index in [1.54, 1.807) is 0 Å². The average Bonchev–Trinajstić information content (AvgIpc) is 2.26. The molecule has 0 atom stereocenters. The molecule has 0 saturated heterocycles. The molecule has 0 fully saturated rings. The van der Waals surface area contributed by atoms with Gasteiger partial charge in [-0.25, -0.2) is 0 Å². The molecule has 0 spiro atoms. The van der Waals surface area contributed by atoms with Crippen molar-refractivity contribution in [3.63, 3.8) is 0 Å². The molecule has 17 heavy (non-hydrogen) atoms. The van der Waals surface area contributed by atoms with Gasteiger partial charge < -0.3 is 10.1 Å². The second-order valence-electron chi connectivity index (χ2n) is 3.86. The van der Waals surface area contributed by atoms with Crippen LogP contribution >= 0.6 is 12.4 Å². The standard InChI is InChI=1S/C14H21NO.ClH/c1-4-15-9-5-6-10-16-14-8-7-12(2)11-13(14)3;/h5-8,11,15H,4,9-10H2,1-3H3;1H/b6-5+;. The number of benzene rings is 1. The smallest absolute Gasteiger partial charge is 0.122 e. The minimum atomic E-state index is 0. The number of halogens is 1. The van der Waals surface area contributed by atoms with Gasteiger partial charge in [0.15, 0.2) is 0 Å². The number of ether oxygens (including phenoxy) is 1. The van der Waals surface area contributed by atoms with Crippen LogP contribution in [0.3, 0.4) is 0 Å². The molecule has 1 rings (SSSR count). The predicted molar refractivity (Wildman–Crippen MR) is 76.3 cm³/mol. The summed E-state index contributed by atoms with van der Waals surface area (Å²) in [7, 11) is 0. The van der Waals surface area contributed by atoms with Crippen molar-refractivity contribution >= 4 is 12.4 Å². The summed E-state index contributed by atoms with van der Waals surface area (Å²) in [5.74, 6) is 0.971. The van der Waals surface area contributed by atoms with Crippen molar-refractivity contribution in [1.82, 2.24) is 5.32 Å². The summed E-state index contributed by atoms with van der Waals surface area (Å²) in [6.45, 7) is 8.81. The van der Waals surface area contributed by atoms with Crippen LogP contribution in [0.15, 0.2) is 30.4 Å². The first-order valence-corrected chi connectivity index (χ1v) is 5.79. The molecule has 1 N–H and O–H groups in total. The van der Waals surface area contributed by atoms with Crippen molar-refractivity contribution < 1.29 is 4.74 Å². The summed E-state index contributed by atoms with van der Waals surface area (Å²) < 4.78 is 5.66. The molecular weight excluding hydrogens is 234 g/mol. The lowest BCUT2D eigenvalue weighted by Crippen LogP contribution is -2.11. The summed E-state index contributed by atoms with van der Waals surface area (Å²) in [6.07, 6.45) is 4.13. The zero-order chi connectivity index (χ0) is 11.8. The van der Waals surface area contributed by atoms with E-state index in [0.717, 1.165) is 18.8 Å². The fourth-order valence-electron chi connectivity index (χ4n) is 1.48. The summed E-state index contributed by atoms with van der Waals surface area (Å²) in [5, 5.41) is 3.22. The van der Waals surface area contributed by atoms with E-state index < -0.39 is 0 Å². The second kappa shape index (κ2) is 9.08. The molecule has 96 valence electrons. The average molecular weight is 256 g/mol. The minimum Gasteiger partial charge on any atom is -0.489 e. The van der Waals surface area contributed by atoms with Crippen LogP contribution in [-0.4, -0.2) is 19.7 Å². The maximum absolute atomic E-state index is 5.66. The van der Waals surface area contributed by atoms with Gasteiger partial charge in [-0.05, 0) is 32.0 Å². The van der Waals surface area contributed by atoms with Gasteiger partial charge in [-0.2, -0.15) is 0 Å². The summed E-state index contributed by atoms with van der Waals surface area (Å²) in [5.41, 5.74) is 2.47. The number of nitrogens with one attached hydrogen (secondary N) is 1. The van der Waals surface area contributed by atoms with Gasteiger partial charge in [0.05, 0.1) is 0 Å². The zero-order valence-corrected chi connectivity index (χ0v) is 11.6. The topological polar surface area (TPSA) is 21.3 Å². The first kappa shape index (κ1) is 16.0. The Morgan fingerprint density at radius 3 is 2.65 bits per heavy atom. The lowest BCUT2D eigenvalue weighted by Gasteiger charge is -2.07. The fourth-order valence-corrected chi connectivity index (χ4v) is 1.48. The number of hydrogen-bond donors (Lipinski definition) is 1. The molecule has 0 aliphatic heterocycles. The first-order valence-electron chi connectivity index (χ1n) is 5.79. The Hall–Kier alpha value is -0.990. The molecule has 0 aliphatic carbocycles. The van der Waals surface area contributed by atoms with Crippen molar-refractivity contribution in [1.29, 1.82) is 0 Å². The second-order valence-corrected chi connectivity index (χ2v) is 3.86. The molecule has 0 heterocycles. The Morgan fingerprint density at radius 2 is 2.00 bits per heavy atom. The van der Waals surface area contributed by atoms with Crippen LogP contribution in [-0.2, 0) is 0 Å². The first-order chi connectivity index (χ1) is 7.74. The van der Waals surface area contributed by atoms with Crippen LogP contribution in [0, 0.1) is 13.8 Å². The lowest BCUT2D eigenvalue weighted by molar-refractivity contribution is 0.360. The Bertz CT molecular complexity index is 350. The molecule has 0 unspecified atom stereocenters. The van der Waals surface area contributed by atoms with Gasteiger partial charge in [0.2, 0.25) is 0 Å². The molecule has 0 aromatic heterocycles. The van der Waals surface area contributed by atoms with Crippen LogP contribution in [0.25, 0.3) is 0 Å². The third kappa shape index (κ3) is 6.35. The van der Waals surface area contributed by atoms with Gasteiger partial charge in [-0.1, -0.05) is 36.8 Å². The van der Waals surface area contributed by atoms with E-state index in [-0.39, 0.29) is 12.4 Å². The van der Waals surface area contributed by atoms with Gasteiger partial charge in [0.1, 0.15) is 12.4 Å². The van der Waals surface area contributed by atoms with Gasteiger partial charge in [0, 0.05) is 6.54 Å². The maximum Gasteiger partial charge on any atom is 0.122 e. The van der Waals surface area contributed by atoms with Crippen molar-refractivity contribution in [3.05, 3.63) is 41.5 Å². The highest BCUT2D eigenvalue weighted by molar-refractivity contribution is 5.85. The Balaban J connectivity index is 0.00000256. The lowest BCUT2D eigenvalue weighted by atomic mass is 10.1. The molecule has 0 bridgehead atoms. The van der Waals surface area contributed by atoms with E-state index in [1.165, 1.54) is 11.1 Å². The summed E-state index contributed by atoms with van der Waals surface area (Å²) >= 11 is 0. The molecule has 2 nitrogen and oxygen atoms in total. The van der Waals surface area contributed by atoms with Crippen LogP contribution in [0.2, 0.25) is 0 Å². The Kier molecular flexibility index (Phi) is 8.55. The third-order valence-electron chi connectivity index (χ3n) is 2.34. The van der Waals surface area contributed by atoms with E-state index in [1.807, 2.05) is 12.1 Å². The molecule has 3 heteroatoms.